The van der Waals surface area contributed by atoms with E-state index in [0.29, 0.717) is 37.0 Å². The van der Waals surface area contributed by atoms with Crippen LogP contribution in [0.15, 0.2) is 53.4 Å². The molecule has 0 N–H and O–H groups in total. The Hall–Kier alpha value is -2.05. The lowest BCUT2D eigenvalue weighted by Crippen LogP contribution is -2.48. The number of anilines is 1. The molecule has 5 nitrogen and oxygen atoms in total. The van der Waals surface area contributed by atoms with E-state index in [1.165, 1.54) is 37.7 Å². The van der Waals surface area contributed by atoms with E-state index in [0.717, 1.165) is 11.4 Å². The molecule has 2 aliphatic rings. The van der Waals surface area contributed by atoms with Gasteiger partial charge in [-0.15, -0.1) is 0 Å². The van der Waals surface area contributed by atoms with Crippen LogP contribution >= 0.6 is 0 Å². The van der Waals surface area contributed by atoms with Gasteiger partial charge in [0.2, 0.25) is 10.0 Å². The third kappa shape index (κ3) is 4.28. The summed E-state index contributed by atoms with van der Waals surface area (Å²) in [5, 5.41) is 0. The van der Waals surface area contributed by atoms with Crippen LogP contribution in [-0.4, -0.2) is 46.0 Å². The first-order valence-corrected chi connectivity index (χ1v) is 12.0. The van der Waals surface area contributed by atoms with E-state index in [9.17, 15) is 8.42 Å². The summed E-state index contributed by atoms with van der Waals surface area (Å²) in [6.45, 7) is 2.26. The fraction of sp³-hybridized carbons (Fsp3) is 0.478. The number of para-hydroxylation sites is 2. The van der Waals surface area contributed by atoms with Crippen LogP contribution in [0.2, 0.25) is 0 Å². The summed E-state index contributed by atoms with van der Waals surface area (Å²) in [5.41, 5.74) is 2.30. The molecule has 1 aliphatic heterocycles. The Morgan fingerprint density at radius 3 is 2.17 bits per heavy atom. The second-order valence-corrected chi connectivity index (χ2v) is 9.90. The van der Waals surface area contributed by atoms with E-state index in [-0.39, 0.29) is 0 Å². The maximum Gasteiger partial charge on any atom is 0.243 e. The highest BCUT2D eigenvalue weighted by molar-refractivity contribution is 7.89. The standard InChI is InChI=1S/C23H30N2O3S/c1-28-23-10-6-5-9-22(23)24-15-17-25(18-16-24)29(26,27)21-13-11-20(12-14-21)19-7-3-2-4-8-19/h5-6,9-14,19H,2-4,7-8,15-18H2,1H3. The Labute approximate surface area is 174 Å². The molecule has 6 heteroatoms. The Morgan fingerprint density at radius 2 is 1.52 bits per heavy atom. The highest BCUT2D eigenvalue weighted by atomic mass is 32.2. The number of piperazine rings is 1. The number of hydrogen-bond donors (Lipinski definition) is 0. The van der Waals surface area contributed by atoms with Gasteiger partial charge in [0.1, 0.15) is 5.75 Å². The highest BCUT2D eigenvalue weighted by Gasteiger charge is 2.29. The van der Waals surface area contributed by atoms with Crippen molar-refractivity contribution in [2.75, 3.05) is 38.2 Å². The third-order valence-corrected chi connectivity index (χ3v) is 8.17. The van der Waals surface area contributed by atoms with Crippen molar-refractivity contribution in [2.45, 2.75) is 42.9 Å². The number of ether oxygens (including phenoxy) is 1. The van der Waals surface area contributed by atoms with Crippen molar-refractivity contribution in [1.82, 2.24) is 4.31 Å². The van der Waals surface area contributed by atoms with Crippen LogP contribution in [0, 0.1) is 0 Å². The number of rotatable bonds is 5. The molecule has 0 radical (unpaired) electrons. The smallest absolute Gasteiger partial charge is 0.243 e. The van der Waals surface area contributed by atoms with Crippen molar-refractivity contribution in [3.05, 3.63) is 54.1 Å². The summed E-state index contributed by atoms with van der Waals surface area (Å²) >= 11 is 0. The van der Waals surface area contributed by atoms with Crippen LogP contribution in [0.4, 0.5) is 5.69 Å². The molecule has 2 aromatic carbocycles. The Kier molecular flexibility index (Phi) is 6.11. The van der Waals surface area contributed by atoms with E-state index in [2.05, 4.69) is 4.90 Å². The fourth-order valence-corrected chi connectivity index (χ4v) is 5.98. The van der Waals surface area contributed by atoms with Gasteiger partial charge in [0.25, 0.3) is 0 Å². The van der Waals surface area contributed by atoms with Crippen LogP contribution < -0.4 is 9.64 Å². The van der Waals surface area contributed by atoms with Gasteiger partial charge in [-0.3, -0.25) is 0 Å². The predicted molar refractivity (Wildman–Crippen MR) is 116 cm³/mol. The zero-order chi connectivity index (χ0) is 20.3. The van der Waals surface area contributed by atoms with Crippen molar-refractivity contribution in [2.24, 2.45) is 0 Å². The molecule has 0 spiro atoms. The second-order valence-electron chi connectivity index (χ2n) is 7.97. The lowest BCUT2D eigenvalue weighted by Gasteiger charge is -2.36. The molecular formula is C23H30N2O3S. The molecule has 1 saturated heterocycles. The van der Waals surface area contributed by atoms with Crippen LogP contribution in [0.1, 0.15) is 43.6 Å². The molecule has 0 amide bonds. The van der Waals surface area contributed by atoms with Crippen LogP contribution in [0.3, 0.4) is 0 Å². The minimum Gasteiger partial charge on any atom is -0.495 e. The average molecular weight is 415 g/mol. The maximum atomic E-state index is 13.1. The minimum atomic E-state index is -3.46. The van der Waals surface area contributed by atoms with E-state index >= 15 is 0 Å². The van der Waals surface area contributed by atoms with Crippen molar-refractivity contribution < 1.29 is 13.2 Å². The van der Waals surface area contributed by atoms with Crippen LogP contribution in [0.5, 0.6) is 5.75 Å². The van der Waals surface area contributed by atoms with Crippen molar-refractivity contribution in [3.63, 3.8) is 0 Å². The summed E-state index contributed by atoms with van der Waals surface area (Å²) in [6.07, 6.45) is 6.32. The quantitative estimate of drug-likeness (QED) is 0.734. The lowest BCUT2D eigenvalue weighted by molar-refractivity contribution is 0.378. The first-order valence-electron chi connectivity index (χ1n) is 10.6. The van der Waals surface area contributed by atoms with Crippen molar-refractivity contribution in [1.29, 1.82) is 0 Å². The average Bonchev–Trinajstić information content (AvgIpc) is 2.80. The summed E-state index contributed by atoms with van der Waals surface area (Å²) in [6, 6.07) is 15.5. The monoisotopic (exact) mass is 414 g/mol. The highest BCUT2D eigenvalue weighted by Crippen LogP contribution is 2.33. The number of methoxy groups -OCH3 is 1. The fourth-order valence-electron chi connectivity index (χ4n) is 4.56. The zero-order valence-electron chi connectivity index (χ0n) is 17.1. The molecule has 0 atom stereocenters. The molecule has 1 heterocycles. The van der Waals surface area contributed by atoms with Gasteiger partial charge in [-0.25, -0.2) is 8.42 Å². The molecule has 156 valence electrons. The van der Waals surface area contributed by atoms with Gasteiger partial charge in [0, 0.05) is 26.2 Å². The Balaban J connectivity index is 1.43. The summed E-state index contributed by atoms with van der Waals surface area (Å²) in [4.78, 5) is 2.60. The van der Waals surface area contributed by atoms with Crippen molar-refractivity contribution >= 4 is 15.7 Å². The molecule has 1 saturated carbocycles. The molecule has 0 bridgehead atoms. The number of nitrogens with zero attached hydrogens (tertiary/aromatic N) is 2. The summed E-state index contributed by atoms with van der Waals surface area (Å²) in [7, 11) is -1.79. The maximum absolute atomic E-state index is 13.1. The first-order chi connectivity index (χ1) is 14.1. The van der Waals surface area contributed by atoms with Gasteiger partial charge < -0.3 is 9.64 Å². The Bertz CT molecular complexity index is 913. The molecule has 1 aliphatic carbocycles. The number of hydrogen-bond acceptors (Lipinski definition) is 4. The third-order valence-electron chi connectivity index (χ3n) is 6.26. The molecule has 2 aromatic rings. The van der Waals surface area contributed by atoms with Gasteiger partial charge in [-0.1, -0.05) is 43.5 Å². The summed E-state index contributed by atoms with van der Waals surface area (Å²) in [5.74, 6) is 1.41. The van der Waals surface area contributed by atoms with Gasteiger partial charge in [0.15, 0.2) is 0 Å². The van der Waals surface area contributed by atoms with Gasteiger partial charge >= 0.3 is 0 Å². The van der Waals surface area contributed by atoms with Crippen LogP contribution in [0.25, 0.3) is 0 Å². The second kappa shape index (κ2) is 8.76. The van der Waals surface area contributed by atoms with E-state index < -0.39 is 10.0 Å². The summed E-state index contributed by atoms with van der Waals surface area (Å²) < 4.78 is 33.3. The minimum absolute atomic E-state index is 0.405. The SMILES string of the molecule is COc1ccccc1N1CCN(S(=O)(=O)c2ccc(C3CCCCC3)cc2)CC1. The molecular weight excluding hydrogens is 384 g/mol. The van der Waals surface area contributed by atoms with Gasteiger partial charge in [0.05, 0.1) is 17.7 Å². The number of sulfonamides is 1. The lowest BCUT2D eigenvalue weighted by atomic mass is 9.84. The number of benzene rings is 2. The zero-order valence-corrected chi connectivity index (χ0v) is 17.9. The van der Waals surface area contributed by atoms with E-state index in [4.69, 9.17) is 4.74 Å². The van der Waals surface area contributed by atoms with Crippen LogP contribution in [-0.2, 0) is 10.0 Å². The molecule has 2 fully saturated rings. The largest absolute Gasteiger partial charge is 0.495 e. The molecule has 29 heavy (non-hydrogen) atoms. The molecule has 4 rings (SSSR count). The van der Waals surface area contributed by atoms with E-state index in [1.807, 2.05) is 36.4 Å². The van der Waals surface area contributed by atoms with Gasteiger partial charge in [-0.05, 0) is 48.6 Å². The van der Waals surface area contributed by atoms with E-state index in [1.54, 1.807) is 23.5 Å². The normalized spacial score (nSPS) is 19.3. The Morgan fingerprint density at radius 1 is 0.862 bits per heavy atom. The first kappa shape index (κ1) is 20.2. The molecule has 0 aromatic heterocycles. The van der Waals surface area contributed by atoms with Crippen molar-refractivity contribution in [3.8, 4) is 5.75 Å². The van der Waals surface area contributed by atoms with Gasteiger partial charge in [-0.2, -0.15) is 4.31 Å². The predicted octanol–water partition coefficient (Wildman–Crippen LogP) is 4.25. The molecule has 0 unspecified atom stereocenters. The topological polar surface area (TPSA) is 49.9 Å².